The highest BCUT2D eigenvalue weighted by Gasteiger charge is 2.24. The van der Waals surface area contributed by atoms with Crippen LogP contribution in [0.2, 0.25) is 0 Å². The van der Waals surface area contributed by atoms with Gasteiger partial charge in [0.1, 0.15) is 5.25 Å². The molecule has 4 nitrogen and oxygen atoms in total. The quantitative estimate of drug-likeness (QED) is 0.848. The van der Waals surface area contributed by atoms with E-state index in [4.69, 9.17) is 5.26 Å². The highest BCUT2D eigenvalue weighted by atomic mass is 32.2. The van der Waals surface area contributed by atoms with Gasteiger partial charge in [-0.2, -0.15) is 5.26 Å². The lowest BCUT2D eigenvalue weighted by Gasteiger charge is -2.12. The Kier molecular flexibility index (Phi) is 6.07. The SMILES string of the molecule is N#Cc1ccc(CS(=O)C(CCc2ccccc2)C(=O)O)cc1. The van der Waals surface area contributed by atoms with Crippen molar-refractivity contribution in [3.63, 3.8) is 0 Å². The van der Waals surface area contributed by atoms with E-state index in [1.54, 1.807) is 24.3 Å². The molecule has 0 spiro atoms. The summed E-state index contributed by atoms with van der Waals surface area (Å²) in [6, 6.07) is 18.3. The van der Waals surface area contributed by atoms with Gasteiger partial charge in [-0.3, -0.25) is 9.00 Å². The van der Waals surface area contributed by atoms with E-state index >= 15 is 0 Å². The molecule has 2 aromatic rings. The molecule has 0 heterocycles. The van der Waals surface area contributed by atoms with Crippen LogP contribution in [0.1, 0.15) is 23.1 Å². The second kappa shape index (κ2) is 8.25. The predicted octanol–water partition coefficient (Wildman–Crippen LogP) is 2.89. The van der Waals surface area contributed by atoms with E-state index in [0.717, 1.165) is 11.1 Å². The normalized spacial score (nSPS) is 13.0. The van der Waals surface area contributed by atoms with E-state index in [-0.39, 0.29) is 5.75 Å². The Labute approximate surface area is 137 Å². The van der Waals surface area contributed by atoms with E-state index in [9.17, 15) is 14.1 Å². The second-order valence-corrected chi connectivity index (χ2v) is 6.80. The number of nitrogens with zero attached hydrogens (tertiary/aromatic N) is 1. The van der Waals surface area contributed by atoms with Crippen molar-refractivity contribution in [1.82, 2.24) is 0 Å². The lowest BCUT2D eigenvalue weighted by molar-refractivity contribution is -0.136. The van der Waals surface area contributed by atoms with E-state index < -0.39 is 22.0 Å². The number of aliphatic carboxylic acids is 1. The molecule has 0 amide bonds. The Balaban J connectivity index is 2.00. The molecule has 0 aromatic heterocycles. The number of carbonyl (C=O) groups is 1. The van der Waals surface area contributed by atoms with Crippen LogP contribution < -0.4 is 0 Å². The van der Waals surface area contributed by atoms with Gasteiger partial charge in [-0.25, -0.2) is 0 Å². The van der Waals surface area contributed by atoms with Gasteiger partial charge < -0.3 is 5.11 Å². The van der Waals surface area contributed by atoms with Gasteiger partial charge in [0, 0.05) is 16.6 Å². The van der Waals surface area contributed by atoms with Crippen LogP contribution in [-0.4, -0.2) is 20.5 Å². The summed E-state index contributed by atoms with van der Waals surface area (Å²) in [5.41, 5.74) is 2.33. The van der Waals surface area contributed by atoms with Gasteiger partial charge in [0.25, 0.3) is 0 Å². The summed E-state index contributed by atoms with van der Waals surface area (Å²) in [6.07, 6.45) is 0.916. The number of carboxylic acids is 1. The first-order valence-corrected chi connectivity index (χ1v) is 8.61. The molecule has 2 aromatic carbocycles. The van der Waals surface area contributed by atoms with Crippen molar-refractivity contribution in [2.45, 2.75) is 23.8 Å². The van der Waals surface area contributed by atoms with Crippen LogP contribution in [0.3, 0.4) is 0 Å². The van der Waals surface area contributed by atoms with E-state index in [1.165, 1.54) is 0 Å². The van der Waals surface area contributed by atoms with Gasteiger partial charge in [0.15, 0.2) is 0 Å². The molecule has 0 saturated carbocycles. The van der Waals surface area contributed by atoms with E-state index in [2.05, 4.69) is 0 Å². The van der Waals surface area contributed by atoms with Crippen LogP contribution in [0.15, 0.2) is 54.6 Å². The number of rotatable bonds is 7. The smallest absolute Gasteiger partial charge is 0.319 e. The summed E-state index contributed by atoms with van der Waals surface area (Å²) in [7, 11) is -1.50. The molecule has 1 N–H and O–H groups in total. The summed E-state index contributed by atoms with van der Waals surface area (Å²) in [6.45, 7) is 0. The molecule has 0 aliphatic carbocycles. The molecule has 2 unspecified atom stereocenters. The molecule has 0 bridgehead atoms. The van der Waals surface area contributed by atoms with Crippen LogP contribution in [0.5, 0.6) is 0 Å². The van der Waals surface area contributed by atoms with Crippen molar-refractivity contribution in [1.29, 1.82) is 5.26 Å². The van der Waals surface area contributed by atoms with Crippen molar-refractivity contribution >= 4 is 16.8 Å². The number of aryl methyl sites for hydroxylation is 1. The lowest BCUT2D eigenvalue weighted by atomic mass is 10.1. The molecule has 118 valence electrons. The van der Waals surface area contributed by atoms with Gasteiger partial charge >= 0.3 is 5.97 Å². The van der Waals surface area contributed by atoms with Crippen molar-refractivity contribution in [2.75, 3.05) is 0 Å². The third-order valence-electron chi connectivity index (χ3n) is 3.52. The van der Waals surface area contributed by atoms with Crippen molar-refractivity contribution in [3.05, 3.63) is 71.3 Å². The minimum atomic E-state index is -1.50. The average molecular weight is 327 g/mol. The molecule has 0 aliphatic heterocycles. The zero-order valence-electron chi connectivity index (χ0n) is 12.5. The van der Waals surface area contributed by atoms with E-state index in [1.807, 2.05) is 36.4 Å². The monoisotopic (exact) mass is 327 g/mol. The lowest BCUT2D eigenvalue weighted by Crippen LogP contribution is -2.27. The molecular formula is C18H17NO3S. The Hall–Kier alpha value is -2.45. The minimum absolute atomic E-state index is 0.178. The zero-order chi connectivity index (χ0) is 16.7. The third kappa shape index (κ3) is 5.04. The molecular weight excluding hydrogens is 310 g/mol. The third-order valence-corrected chi connectivity index (χ3v) is 5.21. The number of nitriles is 1. The van der Waals surface area contributed by atoms with Crippen LogP contribution >= 0.6 is 0 Å². The Morgan fingerprint density at radius 3 is 2.30 bits per heavy atom. The molecule has 0 fully saturated rings. The number of carboxylic acid groups (broad SMARTS) is 1. The first-order chi connectivity index (χ1) is 11.1. The van der Waals surface area contributed by atoms with Gasteiger partial charge in [0.2, 0.25) is 0 Å². The summed E-state index contributed by atoms with van der Waals surface area (Å²) < 4.78 is 12.4. The largest absolute Gasteiger partial charge is 0.480 e. The van der Waals surface area contributed by atoms with Crippen LogP contribution in [-0.2, 0) is 27.8 Å². The maximum atomic E-state index is 12.4. The van der Waals surface area contributed by atoms with Crippen molar-refractivity contribution < 1.29 is 14.1 Å². The highest BCUT2D eigenvalue weighted by molar-refractivity contribution is 7.85. The molecule has 5 heteroatoms. The number of benzene rings is 2. The fourth-order valence-electron chi connectivity index (χ4n) is 2.25. The topological polar surface area (TPSA) is 78.2 Å². The molecule has 0 aliphatic rings. The van der Waals surface area contributed by atoms with Crippen LogP contribution in [0, 0.1) is 11.3 Å². The fourth-order valence-corrected chi connectivity index (χ4v) is 3.58. The first-order valence-electron chi connectivity index (χ1n) is 7.23. The maximum Gasteiger partial charge on any atom is 0.319 e. The standard InChI is InChI=1S/C18H17NO3S/c19-12-15-6-8-16(9-7-15)13-23(22)17(18(20)21)11-10-14-4-2-1-3-5-14/h1-9,17H,10-11,13H2,(H,20,21). The zero-order valence-corrected chi connectivity index (χ0v) is 13.3. The first kappa shape index (κ1) is 16.9. The van der Waals surface area contributed by atoms with Crippen molar-refractivity contribution in [3.8, 4) is 6.07 Å². The molecule has 2 atom stereocenters. The Bertz CT molecular complexity index is 720. The van der Waals surface area contributed by atoms with Crippen LogP contribution in [0.25, 0.3) is 0 Å². The maximum absolute atomic E-state index is 12.4. The summed E-state index contributed by atoms with van der Waals surface area (Å²) in [5.74, 6) is -0.856. The Morgan fingerprint density at radius 2 is 1.74 bits per heavy atom. The summed E-state index contributed by atoms with van der Waals surface area (Å²) in [4.78, 5) is 11.4. The Morgan fingerprint density at radius 1 is 1.09 bits per heavy atom. The highest BCUT2D eigenvalue weighted by Crippen LogP contribution is 2.14. The van der Waals surface area contributed by atoms with Crippen LogP contribution in [0.4, 0.5) is 0 Å². The molecule has 0 saturated heterocycles. The minimum Gasteiger partial charge on any atom is -0.480 e. The van der Waals surface area contributed by atoms with Gasteiger partial charge in [-0.15, -0.1) is 0 Å². The molecule has 0 radical (unpaired) electrons. The second-order valence-electron chi connectivity index (χ2n) is 5.18. The van der Waals surface area contributed by atoms with E-state index in [0.29, 0.717) is 18.4 Å². The number of hydrogen-bond donors (Lipinski definition) is 1. The summed E-state index contributed by atoms with van der Waals surface area (Å²) >= 11 is 0. The predicted molar refractivity (Wildman–Crippen MR) is 89.2 cm³/mol. The fraction of sp³-hybridized carbons (Fsp3) is 0.222. The molecule has 23 heavy (non-hydrogen) atoms. The van der Waals surface area contributed by atoms with Crippen molar-refractivity contribution in [2.24, 2.45) is 0 Å². The van der Waals surface area contributed by atoms with Gasteiger partial charge in [0.05, 0.1) is 11.6 Å². The van der Waals surface area contributed by atoms with Gasteiger partial charge in [-0.1, -0.05) is 42.5 Å². The van der Waals surface area contributed by atoms with Gasteiger partial charge in [-0.05, 0) is 36.1 Å². The summed E-state index contributed by atoms with van der Waals surface area (Å²) in [5, 5.41) is 17.2. The number of hydrogen-bond acceptors (Lipinski definition) is 3. The molecule has 2 rings (SSSR count). The average Bonchev–Trinajstić information content (AvgIpc) is 2.56.